The Kier molecular flexibility index (Phi) is 4.09. The number of nitrogens with zero attached hydrogens (tertiary/aromatic N) is 2. The molecule has 2 aliphatic rings. The molecular formula is C12H15F5N2O3. The van der Waals surface area contributed by atoms with Crippen molar-refractivity contribution in [2.24, 2.45) is 0 Å². The normalized spacial score (nSPS) is 31.8. The van der Waals surface area contributed by atoms with Crippen molar-refractivity contribution in [2.75, 3.05) is 39.9 Å². The fraction of sp³-hybridized carbons (Fsp3) is 0.833. The van der Waals surface area contributed by atoms with Gasteiger partial charge in [0.2, 0.25) is 11.6 Å². The number of hydrogen-bond donors (Lipinski definition) is 0. The molecule has 0 aromatic rings. The lowest BCUT2D eigenvalue weighted by Crippen LogP contribution is -2.47. The van der Waals surface area contributed by atoms with Gasteiger partial charge in [-0.3, -0.25) is 9.59 Å². The quantitative estimate of drug-likeness (QED) is 0.713. The SMILES string of the molecule is COCCN1C[C@@]2(F)CN(C(=O)CC(F)(F)F)C[C@@]2(F)C1=O. The maximum atomic E-state index is 14.7. The van der Waals surface area contributed by atoms with Crippen molar-refractivity contribution in [1.29, 1.82) is 0 Å². The molecule has 0 aromatic carbocycles. The molecule has 22 heavy (non-hydrogen) atoms. The van der Waals surface area contributed by atoms with Crippen LogP contribution in [0.2, 0.25) is 0 Å². The summed E-state index contributed by atoms with van der Waals surface area (Å²) in [6, 6.07) is 0. The van der Waals surface area contributed by atoms with Gasteiger partial charge in [0.05, 0.1) is 26.2 Å². The van der Waals surface area contributed by atoms with Gasteiger partial charge in [0.1, 0.15) is 6.42 Å². The van der Waals surface area contributed by atoms with Gasteiger partial charge in [-0.15, -0.1) is 0 Å². The molecule has 0 spiro atoms. The van der Waals surface area contributed by atoms with Gasteiger partial charge in [-0.2, -0.15) is 13.2 Å². The van der Waals surface area contributed by atoms with Gasteiger partial charge in [0.25, 0.3) is 5.91 Å². The Morgan fingerprint density at radius 1 is 1.27 bits per heavy atom. The van der Waals surface area contributed by atoms with Crippen LogP contribution in [0.5, 0.6) is 0 Å². The maximum Gasteiger partial charge on any atom is 0.397 e. The first-order valence-corrected chi connectivity index (χ1v) is 6.53. The molecule has 2 fully saturated rings. The first-order chi connectivity index (χ1) is 10.0. The number of likely N-dealkylation sites (tertiary alicyclic amines) is 2. The van der Waals surface area contributed by atoms with Crippen molar-refractivity contribution in [3.8, 4) is 0 Å². The summed E-state index contributed by atoms with van der Waals surface area (Å²) in [7, 11) is 1.36. The van der Waals surface area contributed by atoms with Crippen molar-refractivity contribution in [3.05, 3.63) is 0 Å². The van der Waals surface area contributed by atoms with Crippen LogP contribution in [0.1, 0.15) is 6.42 Å². The van der Waals surface area contributed by atoms with E-state index in [0.29, 0.717) is 4.90 Å². The van der Waals surface area contributed by atoms with E-state index >= 15 is 0 Å². The van der Waals surface area contributed by atoms with E-state index in [-0.39, 0.29) is 13.2 Å². The molecule has 2 heterocycles. The Morgan fingerprint density at radius 3 is 2.41 bits per heavy atom. The van der Waals surface area contributed by atoms with Crippen LogP contribution in [0.15, 0.2) is 0 Å². The zero-order valence-corrected chi connectivity index (χ0v) is 11.8. The number of carbonyl (C=O) groups is 2. The van der Waals surface area contributed by atoms with Crippen molar-refractivity contribution in [1.82, 2.24) is 9.80 Å². The van der Waals surface area contributed by atoms with Gasteiger partial charge >= 0.3 is 6.18 Å². The number of hydrogen-bond acceptors (Lipinski definition) is 3. The Hall–Kier alpha value is -1.45. The first kappa shape index (κ1) is 16.9. The van der Waals surface area contributed by atoms with Crippen molar-refractivity contribution in [3.63, 3.8) is 0 Å². The van der Waals surface area contributed by atoms with E-state index in [1.165, 1.54) is 7.11 Å². The Balaban J connectivity index is 2.11. The second-order valence-electron chi connectivity index (χ2n) is 5.53. The first-order valence-electron chi connectivity index (χ1n) is 6.53. The van der Waals surface area contributed by atoms with Crippen molar-refractivity contribution in [2.45, 2.75) is 23.9 Å². The predicted molar refractivity (Wildman–Crippen MR) is 63.4 cm³/mol. The molecule has 2 aliphatic heterocycles. The minimum atomic E-state index is -4.77. The number of methoxy groups -OCH3 is 1. The third kappa shape index (κ3) is 2.75. The van der Waals surface area contributed by atoms with Crippen LogP contribution >= 0.6 is 0 Å². The second kappa shape index (κ2) is 5.32. The topological polar surface area (TPSA) is 49.9 Å². The highest BCUT2D eigenvalue weighted by Crippen LogP contribution is 2.45. The van der Waals surface area contributed by atoms with E-state index in [1.807, 2.05) is 0 Å². The predicted octanol–water partition coefficient (Wildman–Crippen LogP) is 0.686. The van der Waals surface area contributed by atoms with Crippen molar-refractivity contribution < 1.29 is 36.3 Å². The smallest absolute Gasteiger partial charge is 0.383 e. The molecule has 0 unspecified atom stereocenters. The number of ether oxygens (including phenoxy) is 1. The van der Waals surface area contributed by atoms with E-state index in [0.717, 1.165) is 4.90 Å². The van der Waals surface area contributed by atoms with Crippen LogP contribution < -0.4 is 0 Å². The third-order valence-electron chi connectivity index (χ3n) is 3.90. The number of alkyl halides is 5. The minimum absolute atomic E-state index is 0.0246. The number of fused-ring (bicyclic) bond motifs is 1. The van der Waals surface area contributed by atoms with Gasteiger partial charge in [-0.25, -0.2) is 8.78 Å². The van der Waals surface area contributed by atoms with Crippen LogP contribution in [-0.4, -0.2) is 79.0 Å². The number of amides is 2. The molecule has 0 bridgehead atoms. The number of rotatable bonds is 4. The van der Waals surface area contributed by atoms with Crippen LogP contribution in [0.3, 0.4) is 0 Å². The molecule has 0 saturated carbocycles. The van der Waals surface area contributed by atoms with Crippen LogP contribution in [0.25, 0.3) is 0 Å². The molecule has 2 rings (SSSR count). The minimum Gasteiger partial charge on any atom is -0.383 e. The molecule has 0 N–H and O–H groups in total. The van der Waals surface area contributed by atoms with Gasteiger partial charge in [0.15, 0.2) is 5.67 Å². The highest BCUT2D eigenvalue weighted by atomic mass is 19.4. The summed E-state index contributed by atoms with van der Waals surface area (Å²) in [4.78, 5) is 24.8. The third-order valence-corrected chi connectivity index (χ3v) is 3.90. The van der Waals surface area contributed by atoms with Crippen molar-refractivity contribution >= 4 is 11.8 Å². The van der Waals surface area contributed by atoms with Gasteiger partial charge in [0, 0.05) is 13.7 Å². The lowest BCUT2D eigenvalue weighted by atomic mass is 9.93. The average molecular weight is 330 g/mol. The standard InChI is InChI=1S/C12H15F5N2O3/c1-22-3-2-18-5-10(13)6-19(7-11(10,14)9(18)21)8(20)4-12(15,16)17/h2-7H2,1H3/t10-,11-/m1/s1. The lowest BCUT2D eigenvalue weighted by Gasteiger charge is -2.22. The molecule has 5 nitrogen and oxygen atoms in total. The van der Waals surface area contributed by atoms with E-state index in [4.69, 9.17) is 4.74 Å². The molecule has 0 radical (unpaired) electrons. The molecule has 0 aromatic heterocycles. The molecule has 126 valence electrons. The summed E-state index contributed by atoms with van der Waals surface area (Å²) >= 11 is 0. The highest BCUT2D eigenvalue weighted by molar-refractivity contribution is 5.92. The van der Waals surface area contributed by atoms with E-state index in [2.05, 4.69) is 0 Å². The molecule has 2 atom stereocenters. The monoisotopic (exact) mass is 330 g/mol. The number of carbonyl (C=O) groups excluding carboxylic acids is 2. The zero-order chi connectivity index (χ0) is 16.8. The number of halogens is 5. The lowest BCUT2D eigenvalue weighted by molar-refractivity contribution is -0.161. The Labute approximate surface area is 123 Å². The summed E-state index contributed by atoms with van der Waals surface area (Å²) in [5.74, 6) is -2.60. The summed E-state index contributed by atoms with van der Waals surface area (Å²) in [5, 5.41) is 0. The summed E-state index contributed by atoms with van der Waals surface area (Å²) in [6.45, 7) is -2.42. The maximum absolute atomic E-state index is 14.7. The summed E-state index contributed by atoms with van der Waals surface area (Å²) in [6.07, 6.45) is -6.57. The average Bonchev–Trinajstić information content (AvgIpc) is 2.74. The molecule has 2 saturated heterocycles. The van der Waals surface area contributed by atoms with Gasteiger partial charge in [-0.05, 0) is 0 Å². The van der Waals surface area contributed by atoms with Crippen LogP contribution in [-0.2, 0) is 14.3 Å². The van der Waals surface area contributed by atoms with E-state index in [1.54, 1.807) is 0 Å². The summed E-state index contributed by atoms with van der Waals surface area (Å²) < 4.78 is 70.7. The molecule has 10 heteroatoms. The van der Waals surface area contributed by atoms with Crippen LogP contribution in [0.4, 0.5) is 22.0 Å². The zero-order valence-electron chi connectivity index (χ0n) is 11.8. The van der Waals surface area contributed by atoms with E-state index < -0.39 is 55.4 Å². The molecular weight excluding hydrogens is 315 g/mol. The second-order valence-corrected chi connectivity index (χ2v) is 5.53. The largest absolute Gasteiger partial charge is 0.397 e. The highest BCUT2D eigenvalue weighted by Gasteiger charge is 2.71. The van der Waals surface area contributed by atoms with E-state index in [9.17, 15) is 31.5 Å². The fourth-order valence-electron chi connectivity index (χ4n) is 2.79. The Morgan fingerprint density at radius 2 is 1.91 bits per heavy atom. The molecule has 2 amide bonds. The van der Waals surface area contributed by atoms with Gasteiger partial charge < -0.3 is 14.5 Å². The van der Waals surface area contributed by atoms with Crippen LogP contribution in [0, 0.1) is 0 Å². The fourth-order valence-corrected chi connectivity index (χ4v) is 2.79. The Bertz CT molecular complexity index is 486. The molecule has 0 aliphatic carbocycles. The summed E-state index contributed by atoms with van der Waals surface area (Å²) in [5.41, 5.74) is -5.69. The van der Waals surface area contributed by atoms with Gasteiger partial charge in [-0.1, -0.05) is 0 Å².